The summed E-state index contributed by atoms with van der Waals surface area (Å²) in [7, 11) is 1.93. The first-order valence-electron chi connectivity index (χ1n) is 7.45. The van der Waals surface area contributed by atoms with Crippen LogP contribution in [0.3, 0.4) is 0 Å². The monoisotopic (exact) mass is 304 g/mol. The number of hydrogen-bond acceptors (Lipinski definition) is 3. The zero-order valence-electron chi connectivity index (χ0n) is 13.9. The maximum absolute atomic E-state index is 12.0. The Balaban J connectivity index is 1.85. The summed E-state index contributed by atoms with van der Waals surface area (Å²) in [6, 6.07) is 1.72. The van der Waals surface area contributed by atoms with Crippen LogP contribution in [0.5, 0.6) is 0 Å². The van der Waals surface area contributed by atoms with E-state index in [1.165, 1.54) is 5.56 Å². The maximum Gasteiger partial charge on any atom is 0.315 e. The van der Waals surface area contributed by atoms with E-state index in [1.54, 1.807) is 6.26 Å². The number of carbonyl (C=O) groups is 1. The summed E-state index contributed by atoms with van der Waals surface area (Å²) >= 11 is 0. The summed E-state index contributed by atoms with van der Waals surface area (Å²) in [6.45, 7) is 8.38. The predicted octanol–water partition coefficient (Wildman–Crippen LogP) is 2.37. The van der Waals surface area contributed by atoms with Crippen LogP contribution in [0, 0.1) is 20.8 Å². The second kappa shape index (κ2) is 6.68. The molecule has 2 aromatic heterocycles. The normalized spacial score (nSPS) is 12.2. The first kappa shape index (κ1) is 16.1. The molecule has 2 rings (SSSR count). The molecule has 0 unspecified atom stereocenters. The van der Waals surface area contributed by atoms with Crippen LogP contribution in [0.4, 0.5) is 4.79 Å². The Morgan fingerprint density at radius 2 is 2.14 bits per heavy atom. The molecule has 120 valence electrons. The zero-order valence-corrected chi connectivity index (χ0v) is 13.9. The van der Waals surface area contributed by atoms with Crippen molar-refractivity contribution >= 4 is 6.03 Å². The number of aromatic nitrogens is 2. The summed E-state index contributed by atoms with van der Waals surface area (Å²) in [6.07, 6.45) is 2.39. The number of rotatable bonds is 5. The molecule has 0 aliphatic carbocycles. The largest absolute Gasteiger partial charge is 0.469 e. The van der Waals surface area contributed by atoms with Gasteiger partial charge < -0.3 is 15.1 Å². The van der Waals surface area contributed by atoms with Gasteiger partial charge in [-0.25, -0.2) is 4.79 Å². The van der Waals surface area contributed by atoms with Crippen LogP contribution in [-0.4, -0.2) is 21.9 Å². The van der Waals surface area contributed by atoms with Gasteiger partial charge in [-0.15, -0.1) is 0 Å². The van der Waals surface area contributed by atoms with Gasteiger partial charge in [-0.1, -0.05) is 0 Å². The summed E-state index contributed by atoms with van der Waals surface area (Å²) in [5, 5.41) is 10.2. The van der Waals surface area contributed by atoms with Crippen molar-refractivity contribution in [3.8, 4) is 0 Å². The van der Waals surface area contributed by atoms with Gasteiger partial charge in [0.05, 0.1) is 12.0 Å². The molecular weight excluding hydrogens is 280 g/mol. The van der Waals surface area contributed by atoms with Crippen LogP contribution in [0.15, 0.2) is 16.7 Å². The van der Waals surface area contributed by atoms with E-state index in [4.69, 9.17) is 4.42 Å². The summed E-state index contributed by atoms with van der Waals surface area (Å²) < 4.78 is 7.08. The molecule has 22 heavy (non-hydrogen) atoms. The lowest BCUT2D eigenvalue weighted by Gasteiger charge is -2.15. The molecule has 0 saturated heterocycles. The molecule has 6 heteroatoms. The molecule has 0 saturated carbocycles. The highest BCUT2D eigenvalue weighted by Gasteiger charge is 2.14. The second-order valence-electron chi connectivity index (χ2n) is 5.71. The van der Waals surface area contributed by atoms with Gasteiger partial charge in [0, 0.05) is 30.9 Å². The van der Waals surface area contributed by atoms with Gasteiger partial charge in [-0.2, -0.15) is 5.10 Å². The number of hydrogen-bond donors (Lipinski definition) is 2. The molecule has 0 aliphatic rings. The SMILES string of the molecule is Cc1nn(C)c(C)c1C[C@@H](C)NC(=O)NCc1ccoc1C. The molecule has 0 bridgehead atoms. The third-order valence-corrected chi connectivity index (χ3v) is 3.95. The van der Waals surface area contributed by atoms with Gasteiger partial charge in [-0.3, -0.25) is 4.68 Å². The third kappa shape index (κ3) is 3.69. The minimum atomic E-state index is -0.174. The molecule has 0 fully saturated rings. The van der Waals surface area contributed by atoms with Gasteiger partial charge in [0.25, 0.3) is 0 Å². The van der Waals surface area contributed by atoms with Gasteiger partial charge >= 0.3 is 6.03 Å². The van der Waals surface area contributed by atoms with E-state index < -0.39 is 0 Å². The average Bonchev–Trinajstić information content (AvgIpc) is 2.95. The predicted molar refractivity (Wildman–Crippen MR) is 84.7 cm³/mol. The van der Waals surface area contributed by atoms with Crippen LogP contribution < -0.4 is 10.6 Å². The number of nitrogens with one attached hydrogen (secondary N) is 2. The smallest absolute Gasteiger partial charge is 0.315 e. The summed E-state index contributed by atoms with van der Waals surface area (Å²) in [5.74, 6) is 0.829. The lowest BCUT2D eigenvalue weighted by molar-refractivity contribution is 0.237. The van der Waals surface area contributed by atoms with E-state index in [1.807, 2.05) is 45.5 Å². The minimum Gasteiger partial charge on any atom is -0.469 e. The van der Waals surface area contributed by atoms with Gasteiger partial charge in [-0.05, 0) is 45.7 Å². The number of amides is 2. The van der Waals surface area contributed by atoms with Crippen molar-refractivity contribution in [3.63, 3.8) is 0 Å². The third-order valence-electron chi connectivity index (χ3n) is 3.95. The zero-order chi connectivity index (χ0) is 16.3. The van der Waals surface area contributed by atoms with Crippen molar-refractivity contribution in [2.24, 2.45) is 7.05 Å². The number of furan rings is 1. The number of nitrogens with zero attached hydrogens (tertiary/aromatic N) is 2. The highest BCUT2D eigenvalue weighted by atomic mass is 16.3. The fourth-order valence-electron chi connectivity index (χ4n) is 2.52. The van der Waals surface area contributed by atoms with Crippen molar-refractivity contribution in [3.05, 3.63) is 40.6 Å². The van der Waals surface area contributed by atoms with E-state index in [9.17, 15) is 4.79 Å². The van der Waals surface area contributed by atoms with Gasteiger partial charge in [0.1, 0.15) is 5.76 Å². The van der Waals surface area contributed by atoms with Crippen LogP contribution in [-0.2, 0) is 20.0 Å². The van der Waals surface area contributed by atoms with E-state index in [0.29, 0.717) is 6.54 Å². The summed E-state index contributed by atoms with van der Waals surface area (Å²) in [4.78, 5) is 12.0. The van der Waals surface area contributed by atoms with Crippen molar-refractivity contribution in [1.82, 2.24) is 20.4 Å². The fourth-order valence-corrected chi connectivity index (χ4v) is 2.52. The van der Waals surface area contributed by atoms with E-state index >= 15 is 0 Å². The molecule has 2 N–H and O–H groups in total. The molecule has 2 amide bonds. The van der Waals surface area contributed by atoms with Gasteiger partial charge in [0.15, 0.2) is 0 Å². The van der Waals surface area contributed by atoms with E-state index in [-0.39, 0.29) is 12.1 Å². The molecular formula is C16H24N4O2. The average molecular weight is 304 g/mol. The second-order valence-corrected chi connectivity index (χ2v) is 5.71. The molecule has 2 aromatic rings. The van der Waals surface area contributed by atoms with Crippen LogP contribution in [0.25, 0.3) is 0 Å². The Labute approximate surface area is 130 Å². The van der Waals surface area contributed by atoms with Crippen LogP contribution in [0.2, 0.25) is 0 Å². The minimum absolute atomic E-state index is 0.0343. The highest BCUT2D eigenvalue weighted by molar-refractivity contribution is 5.74. The van der Waals surface area contributed by atoms with Crippen molar-refractivity contribution in [2.75, 3.05) is 0 Å². The Morgan fingerprint density at radius 1 is 1.41 bits per heavy atom. The molecule has 1 atom stereocenters. The molecule has 2 heterocycles. The first-order chi connectivity index (χ1) is 10.4. The Kier molecular flexibility index (Phi) is 4.90. The quantitative estimate of drug-likeness (QED) is 0.890. The van der Waals surface area contributed by atoms with Crippen molar-refractivity contribution in [2.45, 2.75) is 46.7 Å². The number of urea groups is 1. The van der Waals surface area contributed by atoms with Gasteiger partial charge in [0.2, 0.25) is 0 Å². The molecule has 6 nitrogen and oxygen atoms in total. The molecule has 0 aromatic carbocycles. The fraction of sp³-hybridized carbons (Fsp3) is 0.500. The Morgan fingerprint density at radius 3 is 2.68 bits per heavy atom. The Bertz CT molecular complexity index is 657. The molecule has 0 aliphatic heterocycles. The Hall–Kier alpha value is -2.24. The highest BCUT2D eigenvalue weighted by Crippen LogP contribution is 2.14. The standard InChI is InChI=1S/C16H24N4O2/c1-10(8-15-11(2)19-20(5)12(15)3)18-16(21)17-9-14-6-7-22-13(14)4/h6-7,10H,8-9H2,1-5H3,(H2,17,18,21)/t10-/m1/s1. The van der Waals surface area contributed by atoms with Crippen molar-refractivity contribution < 1.29 is 9.21 Å². The first-order valence-corrected chi connectivity index (χ1v) is 7.45. The topological polar surface area (TPSA) is 72.1 Å². The van der Waals surface area contributed by atoms with E-state index in [2.05, 4.69) is 15.7 Å². The van der Waals surface area contributed by atoms with Crippen molar-refractivity contribution in [1.29, 1.82) is 0 Å². The summed E-state index contributed by atoms with van der Waals surface area (Å²) in [5.41, 5.74) is 4.34. The van der Waals surface area contributed by atoms with Crippen LogP contribution >= 0.6 is 0 Å². The van der Waals surface area contributed by atoms with Crippen LogP contribution in [0.1, 0.15) is 35.2 Å². The number of carbonyl (C=O) groups excluding carboxylic acids is 1. The lowest BCUT2D eigenvalue weighted by atomic mass is 10.1. The molecule has 0 spiro atoms. The lowest BCUT2D eigenvalue weighted by Crippen LogP contribution is -2.41. The molecule has 0 radical (unpaired) electrons. The maximum atomic E-state index is 12.0. The number of aryl methyl sites for hydroxylation is 3. The van der Waals surface area contributed by atoms with E-state index in [0.717, 1.165) is 29.1 Å².